The van der Waals surface area contributed by atoms with Crippen LogP contribution in [0.3, 0.4) is 0 Å². The van der Waals surface area contributed by atoms with E-state index < -0.39 is 0 Å². The summed E-state index contributed by atoms with van der Waals surface area (Å²) >= 11 is 0.0658. The first kappa shape index (κ1) is 14.4. The van der Waals surface area contributed by atoms with E-state index in [1.165, 1.54) is 4.46 Å². The number of carbonyl (C=O) groups excluding carboxylic acids is 1. The zero-order valence-electron chi connectivity index (χ0n) is 11.9. The maximum absolute atomic E-state index is 12.1. The molecule has 22 heavy (non-hydrogen) atoms. The van der Waals surface area contributed by atoms with E-state index in [-0.39, 0.29) is 20.9 Å². The second-order valence-electron chi connectivity index (χ2n) is 4.70. The zero-order valence-corrected chi connectivity index (χ0v) is 13.6. The number of rotatable bonds is 3. The maximum atomic E-state index is 12.1. The minimum atomic E-state index is -0.0814. The summed E-state index contributed by atoms with van der Waals surface area (Å²) in [5, 5.41) is 12.5. The minimum absolute atomic E-state index is 0.0658. The van der Waals surface area contributed by atoms with E-state index in [9.17, 15) is 4.79 Å². The molecule has 3 rings (SSSR count). The summed E-state index contributed by atoms with van der Waals surface area (Å²) in [4.78, 5) is 15.3. The molecular weight excluding hydrogens is 341 g/mol. The second kappa shape index (κ2) is 6.07. The summed E-state index contributed by atoms with van der Waals surface area (Å²) in [7, 11) is 1.64. The van der Waals surface area contributed by atoms with Gasteiger partial charge in [-0.1, -0.05) is 0 Å². The van der Waals surface area contributed by atoms with Crippen molar-refractivity contribution in [2.75, 3.05) is 7.05 Å². The average molecular weight is 354 g/mol. The summed E-state index contributed by atoms with van der Waals surface area (Å²) < 4.78 is 2.30. The third-order valence-electron chi connectivity index (χ3n) is 3.35. The van der Waals surface area contributed by atoms with Gasteiger partial charge in [0.25, 0.3) is 0 Å². The fourth-order valence-corrected chi connectivity index (χ4v) is 4.31. The van der Waals surface area contributed by atoms with Gasteiger partial charge in [0.2, 0.25) is 0 Å². The molecule has 1 amide bonds. The van der Waals surface area contributed by atoms with Gasteiger partial charge < -0.3 is 0 Å². The van der Waals surface area contributed by atoms with Gasteiger partial charge in [0, 0.05) is 0 Å². The molecule has 0 saturated carbocycles. The third-order valence-corrected chi connectivity index (χ3v) is 5.56. The van der Waals surface area contributed by atoms with Crippen LogP contribution in [0.5, 0.6) is 0 Å². The van der Waals surface area contributed by atoms with Gasteiger partial charge in [0.15, 0.2) is 0 Å². The topological polar surface area (TPSA) is 68.7 Å². The summed E-state index contributed by atoms with van der Waals surface area (Å²) in [5.74, 6) is -0.0814. The van der Waals surface area contributed by atoms with Gasteiger partial charge in [-0.15, -0.1) is 0 Å². The normalized spacial score (nSPS) is 10.4. The van der Waals surface area contributed by atoms with E-state index in [2.05, 4.69) is 16.4 Å². The number of aromatic nitrogens is 1. The number of H-pyrrole nitrogens is 1. The Morgan fingerprint density at radius 3 is 2.68 bits per heavy atom. The van der Waals surface area contributed by atoms with Crippen LogP contribution in [0.2, 0.25) is 0 Å². The third kappa shape index (κ3) is 2.62. The van der Waals surface area contributed by atoms with E-state index in [1.54, 1.807) is 7.05 Å². The molecule has 0 spiro atoms. The molecule has 0 fully saturated rings. The molecule has 1 heterocycles. The number of aromatic amines is 1. The van der Waals surface area contributed by atoms with Crippen LogP contribution in [0.4, 0.5) is 0 Å². The number of hydrogen-bond donors (Lipinski definition) is 2. The molecule has 0 saturated heterocycles. The predicted octanol–water partition coefficient (Wildman–Crippen LogP) is 1.05. The molecule has 0 bridgehead atoms. The molecule has 2 aromatic carbocycles. The molecule has 5 heteroatoms. The van der Waals surface area contributed by atoms with Gasteiger partial charge >= 0.3 is 134 Å². The average Bonchev–Trinajstić information content (AvgIpc) is 2.98. The molecule has 0 atom stereocenters. The number of fused-ring (bicyclic) bond motifs is 1. The number of hydrogen-bond acceptors (Lipinski definition) is 2. The number of amides is 1. The molecule has 0 radical (unpaired) electrons. The second-order valence-corrected chi connectivity index (χ2v) is 7.04. The number of benzene rings is 2. The summed E-state index contributed by atoms with van der Waals surface area (Å²) in [6.07, 6.45) is 1.97. The summed E-state index contributed by atoms with van der Waals surface area (Å²) in [6, 6.07) is 15.4. The van der Waals surface area contributed by atoms with Crippen molar-refractivity contribution in [2.45, 2.75) is 0 Å². The zero-order chi connectivity index (χ0) is 15.5. The van der Waals surface area contributed by atoms with E-state index in [0.29, 0.717) is 11.1 Å². The molecule has 3 aromatic rings. The van der Waals surface area contributed by atoms with E-state index in [1.807, 2.05) is 48.7 Å². The van der Waals surface area contributed by atoms with Crippen molar-refractivity contribution in [3.05, 3.63) is 59.8 Å². The molecule has 0 aliphatic carbocycles. The fourth-order valence-electron chi connectivity index (χ4n) is 2.28. The monoisotopic (exact) mass is 355 g/mol. The van der Waals surface area contributed by atoms with Crippen molar-refractivity contribution < 1.29 is 4.79 Å². The molecule has 2 N–H and O–H groups in total. The standard InChI is InChI=1S/C17H13N3OSe/c1-19-17(21)13-3-2-4-14-16(13)15(10-20-14)22-12-7-5-11(9-18)6-8-12/h2-8,10,20H,1H3,(H,19,21). The van der Waals surface area contributed by atoms with Crippen molar-refractivity contribution in [1.82, 2.24) is 10.3 Å². The SMILES string of the molecule is CNC(=O)c1cccc2[nH]cc([Se]c3ccc(C#N)cc3)c12. The number of nitrogens with zero attached hydrogens (tertiary/aromatic N) is 1. The Kier molecular flexibility index (Phi) is 3.97. The number of nitrogens with one attached hydrogen (secondary N) is 2. The van der Waals surface area contributed by atoms with Crippen molar-refractivity contribution >= 4 is 40.7 Å². The van der Waals surface area contributed by atoms with Crippen LogP contribution in [-0.4, -0.2) is 32.9 Å². The van der Waals surface area contributed by atoms with Crippen LogP contribution >= 0.6 is 0 Å². The summed E-state index contributed by atoms with van der Waals surface area (Å²) in [5.41, 5.74) is 2.31. The molecule has 0 aliphatic heterocycles. The first-order valence-electron chi connectivity index (χ1n) is 6.73. The number of nitriles is 1. The molecule has 1 aromatic heterocycles. The van der Waals surface area contributed by atoms with Crippen LogP contribution in [0.25, 0.3) is 10.9 Å². The van der Waals surface area contributed by atoms with E-state index in [4.69, 9.17) is 5.26 Å². The molecule has 108 valence electrons. The van der Waals surface area contributed by atoms with Crippen LogP contribution in [0, 0.1) is 11.3 Å². The Balaban J connectivity index is 2.03. The molecule has 0 unspecified atom stereocenters. The Bertz CT molecular complexity index is 875. The van der Waals surface area contributed by atoms with Gasteiger partial charge in [-0.05, 0) is 0 Å². The van der Waals surface area contributed by atoms with Crippen molar-refractivity contribution in [1.29, 1.82) is 5.26 Å². The van der Waals surface area contributed by atoms with Gasteiger partial charge in [0.1, 0.15) is 0 Å². The van der Waals surface area contributed by atoms with Crippen LogP contribution in [0.1, 0.15) is 15.9 Å². The molecule has 4 nitrogen and oxygen atoms in total. The number of carbonyl (C=O) groups is 1. The van der Waals surface area contributed by atoms with Gasteiger partial charge in [-0.25, -0.2) is 0 Å². The van der Waals surface area contributed by atoms with Gasteiger partial charge in [-0.2, -0.15) is 0 Å². The first-order valence-corrected chi connectivity index (χ1v) is 8.44. The van der Waals surface area contributed by atoms with E-state index in [0.717, 1.165) is 15.4 Å². The Morgan fingerprint density at radius 2 is 2.00 bits per heavy atom. The Labute approximate surface area is 134 Å². The summed E-state index contributed by atoms with van der Waals surface area (Å²) in [6.45, 7) is 0. The fraction of sp³-hybridized carbons (Fsp3) is 0.0588. The van der Waals surface area contributed by atoms with Crippen molar-refractivity contribution in [2.24, 2.45) is 0 Å². The van der Waals surface area contributed by atoms with Crippen LogP contribution in [0.15, 0.2) is 48.7 Å². The Hall–Kier alpha value is -2.54. The van der Waals surface area contributed by atoms with Crippen molar-refractivity contribution in [3.63, 3.8) is 0 Å². The van der Waals surface area contributed by atoms with Crippen LogP contribution < -0.4 is 14.2 Å². The molecular formula is C17H13N3OSe. The Morgan fingerprint density at radius 1 is 1.23 bits per heavy atom. The van der Waals surface area contributed by atoms with Crippen molar-refractivity contribution in [3.8, 4) is 6.07 Å². The first-order chi connectivity index (χ1) is 10.7. The quantitative estimate of drug-likeness (QED) is 0.691. The van der Waals surface area contributed by atoms with Crippen LogP contribution in [-0.2, 0) is 0 Å². The van der Waals surface area contributed by atoms with Gasteiger partial charge in [-0.3, -0.25) is 0 Å². The van der Waals surface area contributed by atoms with E-state index >= 15 is 0 Å². The predicted molar refractivity (Wildman–Crippen MR) is 87.9 cm³/mol. The van der Waals surface area contributed by atoms with Gasteiger partial charge in [0.05, 0.1) is 0 Å². The molecule has 0 aliphatic rings.